The Kier molecular flexibility index (Phi) is 4.86. The summed E-state index contributed by atoms with van der Waals surface area (Å²) in [4.78, 5) is 23.8. The molecule has 6 heteroatoms. The first-order valence-corrected chi connectivity index (χ1v) is 5.94. The minimum atomic E-state index is -0.505. The van der Waals surface area contributed by atoms with Gasteiger partial charge in [0.2, 0.25) is 0 Å². The molecule has 1 aromatic rings. The van der Waals surface area contributed by atoms with Gasteiger partial charge in [0.15, 0.2) is 0 Å². The van der Waals surface area contributed by atoms with Gasteiger partial charge < -0.3 is 9.64 Å². The van der Waals surface area contributed by atoms with Crippen LogP contribution in [0.15, 0.2) is 18.2 Å². The van der Waals surface area contributed by atoms with Gasteiger partial charge in [-0.2, -0.15) is 0 Å². The molecule has 0 unspecified atom stereocenters. The van der Waals surface area contributed by atoms with Crippen molar-refractivity contribution in [3.8, 4) is 0 Å². The molecule has 0 N–H and O–H groups in total. The van der Waals surface area contributed by atoms with Gasteiger partial charge in [-0.15, -0.1) is 0 Å². The second-order valence-corrected chi connectivity index (χ2v) is 4.73. The number of methoxy groups -OCH3 is 1. The number of rotatable bonds is 5. The third-order valence-electron chi connectivity index (χ3n) is 2.64. The zero-order chi connectivity index (χ0) is 14.6. The number of benzene rings is 1. The summed E-state index contributed by atoms with van der Waals surface area (Å²) in [5.41, 5.74) is 0.705. The van der Waals surface area contributed by atoms with Crippen LogP contribution >= 0.6 is 0 Å². The molecular formula is C13H18N2O4. The number of carbonyl (C=O) groups excluding carboxylic acids is 1. The fourth-order valence-electron chi connectivity index (χ4n) is 1.87. The van der Waals surface area contributed by atoms with Crippen LogP contribution in [0.4, 0.5) is 11.4 Å². The second kappa shape index (κ2) is 6.17. The molecule has 0 fully saturated rings. The first kappa shape index (κ1) is 14.9. The van der Waals surface area contributed by atoms with Gasteiger partial charge in [-0.05, 0) is 18.1 Å². The Bertz CT molecular complexity index is 486. The van der Waals surface area contributed by atoms with E-state index in [0.29, 0.717) is 23.7 Å². The Labute approximate surface area is 112 Å². The molecule has 19 heavy (non-hydrogen) atoms. The molecule has 1 rings (SSSR count). The molecule has 104 valence electrons. The minimum Gasteiger partial charge on any atom is -0.465 e. The highest BCUT2D eigenvalue weighted by molar-refractivity contribution is 5.91. The van der Waals surface area contributed by atoms with Gasteiger partial charge in [0.25, 0.3) is 5.69 Å². The summed E-state index contributed by atoms with van der Waals surface area (Å²) < 4.78 is 4.63. The summed E-state index contributed by atoms with van der Waals surface area (Å²) in [6.07, 6.45) is 0. The van der Waals surface area contributed by atoms with Crippen molar-refractivity contribution in [2.45, 2.75) is 13.8 Å². The smallest absolute Gasteiger partial charge is 0.337 e. The number of nitro groups is 1. The molecular weight excluding hydrogens is 248 g/mol. The van der Waals surface area contributed by atoms with E-state index >= 15 is 0 Å². The highest BCUT2D eigenvalue weighted by Gasteiger charge is 2.20. The van der Waals surface area contributed by atoms with Gasteiger partial charge in [-0.1, -0.05) is 13.8 Å². The molecule has 0 saturated heterocycles. The van der Waals surface area contributed by atoms with E-state index in [1.807, 2.05) is 13.8 Å². The lowest BCUT2D eigenvalue weighted by molar-refractivity contribution is -0.384. The molecule has 0 heterocycles. The molecule has 0 atom stereocenters. The Morgan fingerprint density at radius 2 is 2.11 bits per heavy atom. The van der Waals surface area contributed by atoms with Gasteiger partial charge in [0, 0.05) is 19.7 Å². The summed E-state index contributed by atoms with van der Waals surface area (Å²) in [6.45, 7) is 4.70. The lowest BCUT2D eigenvalue weighted by Gasteiger charge is -2.21. The van der Waals surface area contributed by atoms with Crippen molar-refractivity contribution in [2.24, 2.45) is 5.92 Å². The lowest BCUT2D eigenvalue weighted by Crippen LogP contribution is -2.23. The van der Waals surface area contributed by atoms with E-state index in [-0.39, 0.29) is 5.69 Å². The standard InChI is InChI=1S/C13H18N2O4/c1-9(2)8-14(3)12-7-10(13(16)19-4)5-6-11(12)15(17)18/h5-7,9H,8H2,1-4H3. The summed E-state index contributed by atoms with van der Waals surface area (Å²) in [5.74, 6) is -0.152. The van der Waals surface area contributed by atoms with Crippen LogP contribution in [0.5, 0.6) is 0 Å². The fourth-order valence-corrected chi connectivity index (χ4v) is 1.87. The van der Waals surface area contributed by atoms with Crippen molar-refractivity contribution in [3.05, 3.63) is 33.9 Å². The topological polar surface area (TPSA) is 72.7 Å². The average Bonchev–Trinajstić information content (AvgIpc) is 2.36. The van der Waals surface area contributed by atoms with Crippen LogP contribution in [0.25, 0.3) is 0 Å². The Hall–Kier alpha value is -2.11. The van der Waals surface area contributed by atoms with Crippen LogP contribution in [-0.4, -0.2) is 31.6 Å². The van der Waals surface area contributed by atoms with E-state index in [4.69, 9.17) is 0 Å². The summed E-state index contributed by atoms with van der Waals surface area (Å²) in [7, 11) is 3.05. The Morgan fingerprint density at radius 1 is 1.47 bits per heavy atom. The van der Waals surface area contributed by atoms with Gasteiger partial charge in [0.1, 0.15) is 5.69 Å². The largest absolute Gasteiger partial charge is 0.465 e. The van der Waals surface area contributed by atoms with E-state index in [2.05, 4.69) is 4.74 Å². The maximum atomic E-state index is 11.5. The van der Waals surface area contributed by atoms with E-state index in [0.717, 1.165) is 0 Å². The number of nitrogens with zero attached hydrogens (tertiary/aromatic N) is 2. The van der Waals surface area contributed by atoms with Crippen molar-refractivity contribution in [1.29, 1.82) is 0 Å². The monoisotopic (exact) mass is 266 g/mol. The third-order valence-corrected chi connectivity index (χ3v) is 2.64. The Morgan fingerprint density at radius 3 is 2.58 bits per heavy atom. The molecule has 0 amide bonds. The van der Waals surface area contributed by atoms with Crippen molar-refractivity contribution in [1.82, 2.24) is 0 Å². The van der Waals surface area contributed by atoms with Crippen molar-refractivity contribution in [3.63, 3.8) is 0 Å². The summed E-state index contributed by atoms with van der Waals surface area (Å²) >= 11 is 0. The first-order chi connectivity index (χ1) is 8.86. The number of hydrogen-bond acceptors (Lipinski definition) is 5. The maximum absolute atomic E-state index is 11.5. The Balaban J connectivity index is 3.22. The highest BCUT2D eigenvalue weighted by Crippen LogP contribution is 2.29. The van der Waals surface area contributed by atoms with Gasteiger partial charge in [0.05, 0.1) is 17.6 Å². The molecule has 0 aromatic heterocycles. The third kappa shape index (κ3) is 3.67. The quantitative estimate of drug-likeness (QED) is 0.465. The van der Waals surface area contributed by atoms with Gasteiger partial charge in [-0.25, -0.2) is 4.79 Å². The van der Waals surface area contributed by atoms with Crippen LogP contribution in [0.1, 0.15) is 24.2 Å². The zero-order valence-electron chi connectivity index (χ0n) is 11.5. The molecule has 0 aliphatic carbocycles. The normalized spacial score (nSPS) is 10.4. The number of carbonyl (C=O) groups is 1. The number of esters is 1. The number of hydrogen-bond donors (Lipinski definition) is 0. The van der Waals surface area contributed by atoms with Crippen molar-refractivity contribution in [2.75, 3.05) is 25.6 Å². The minimum absolute atomic E-state index is 0.0178. The lowest BCUT2D eigenvalue weighted by atomic mass is 10.1. The first-order valence-electron chi connectivity index (χ1n) is 5.94. The van der Waals surface area contributed by atoms with E-state index in [9.17, 15) is 14.9 Å². The molecule has 0 aliphatic rings. The molecule has 0 radical (unpaired) electrons. The summed E-state index contributed by atoms with van der Waals surface area (Å²) in [6, 6.07) is 4.22. The van der Waals surface area contributed by atoms with E-state index < -0.39 is 10.9 Å². The number of nitro benzene ring substituents is 1. The number of anilines is 1. The molecule has 0 aliphatic heterocycles. The van der Waals surface area contributed by atoms with Gasteiger partial charge >= 0.3 is 5.97 Å². The van der Waals surface area contributed by atoms with E-state index in [1.165, 1.54) is 25.3 Å². The predicted molar refractivity (Wildman–Crippen MR) is 72.5 cm³/mol. The average molecular weight is 266 g/mol. The van der Waals surface area contributed by atoms with Crippen LogP contribution in [0, 0.1) is 16.0 Å². The molecule has 0 spiro atoms. The fraction of sp³-hybridized carbons (Fsp3) is 0.462. The molecule has 6 nitrogen and oxygen atoms in total. The van der Waals surface area contributed by atoms with Crippen LogP contribution in [0.3, 0.4) is 0 Å². The van der Waals surface area contributed by atoms with Crippen molar-refractivity contribution >= 4 is 17.3 Å². The molecule has 1 aromatic carbocycles. The highest BCUT2D eigenvalue weighted by atomic mass is 16.6. The number of ether oxygens (including phenoxy) is 1. The maximum Gasteiger partial charge on any atom is 0.337 e. The van der Waals surface area contributed by atoms with Gasteiger partial charge in [-0.3, -0.25) is 10.1 Å². The van der Waals surface area contributed by atoms with E-state index in [1.54, 1.807) is 11.9 Å². The van der Waals surface area contributed by atoms with Crippen LogP contribution in [0.2, 0.25) is 0 Å². The second-order valence-electron chi connectivity index (χ2n) is 4.73. The predicted octanol–water partition coefficient (Wildman–Crippen LogP) is 2.47. The molecule has 0 bridgehead atoms. The van der Waals surface area contributed by atoms with Crippen LogP contribution < -0.4 is 4.90 Å². The van der Waals surface area contributed by atoms with Crippen LogP contribution in [-0.2, 0) is 4.74 Å². The summed E-state index contributed by atoms with van der Waals surface area (Å²) in [5, 5.41) is 11.0. The SMILES string of the molecule is COC(=O)c1ccc([N+](=O)[O-])c(N(C)CC(C)C)c1. The molecule has 0 saturated carbocycles. The van der Waals surface area contributed by atoms with Crippen molar-refractivity contribution < 1.29 is 14.5 Å². The zero-order valence-corrected chi connectivity index (χ0v) is 11.5.